The summed E-state index contributed by atoms with van der Waals surface area (Å²) in [5, 5.41) is 4.97. The molecule has 0 atom stereocenters. The summed E-state index contributed by atoms with van der Waals surface area (Å²) in [6.07, 6.45) is 0. The van der Waals surface area contributed by atoms with Gasteiger partial charge in [-0.25, -0.2) is 4.98 Å². The molecular formula is C54H39N3. The average molecular weight is 730 g/mol. The summed E-state index contributed by atoms with van der Waals surface area (Å²) in [4.78, 5) is 7.68. The van der Waals surface area contributed by atoms with Gasteiger partial charge in [0.05, 0.1) is 11.0 Å². The lowest BCUT2D eigenvalue weighted by molar-refractivity contribution is 0.662. The standard InChI is InChI=1S/C54H39N3/c1-54(2)49-31-40-24-23-38-27-30-44(56(41-19-11-5-12-20-41)43-28-25-37(26-29-43)36-15-7-3-8-16-36)32-45(38)46(40)33-47(49)48-34-52-51(35-50(48)54)55-53(39-17-9-4-10-18-39)57(52)42-21-13-6-14-22-42/h3-35H,1-2H3. The van der Waals surface area contributed by atoms with E-state index >= 15 is 0 Å². The van der Waals surface area contributed by atoms with Gasteiger partial charge in [0, 0.05) is 33.7 Å². The molecule has 0 spiro atoms. The first-order valence-electron chi connectivity index (χ1n) is 19.7. The highest BCUT2D eigenvalue weighted by Crippen LogP contribution is 2.52. The number of aromatic nitrogens is 2. The summed E-state index contributed by atoms with van der Waals surface area (Å²) in [6, 6.07) is 72.5. The smallest absolute Gasteiger partial charge is 0.145 e. The Bertz CT molecular complexity index is 3110. The van der Waals surface area contributed by atoms with Gasteiger partial charge in [0.25, 0.3) is 0 Å². The van der Waals surface area contributed by atoms with E-state index in [9.17, 15) is 0 Å². The molecule has 3 nitrogen and oxygen atoms in total. The lowest BCUT2D eigenvalue weighted by Crippen LogP contribution is -2.15. The van der Waals surface area contributed by atoms with E-state index in [-0.39, 0.29) is 5.41 Å². The van der Waals surface area contributed by atoms with Crippen molar-refractivity contribution in [1.82, 2.24) is 9.55 Å². The van der Waals surface area contributed by atoms with Crippen LogP contribution >= 0.6 is 0 Å². The first-order valence-corrected chi connectivity index (χ1v) is 19.7. The molecule has 1 aliphatic carbocycles. The molecule has 9 aromatic carbocycles. The molecular weight excluding hydrogens is 691 g/mol. The molecule has 3 heteroatoms. The summed E-state index contributed by atoms with van der Waals surface area (Å²) in [7, 11) is 0. The maximum atomic E-state index is 5.32. The second kappa shape index (κ2) is 12.9. The molecule has 0 unspecified atom stereocenters. The second-order valence-corrected chi connectivity index (χ2v) is 15.7. The maximum absolute atomic E-state index is 5.32. The van der Waals surface area contributed by atoms with Crippen LogP contribution in [0.5, 0.6) is 0 Å². The molecule has 0 radical (unpaired) electrons. The number of hydrogen-bond donors (Lipinski definition) is 0. The van der Waals surface area contributed by atoms with Gasteiger partial charge in [-0.05, 0) is 128 Å². The number of para-hydroxylation sites is 2. The molecule has 1 aromatic heterocycles. The number of rotatable bonds is 6. The molecule has 11 rings (SSSR count). The molecule has 1 aliphatic rings. The van der Waals surface area contributed by atoms with Crippen LogP contribution in [0.25, 0.3) is 71.9 Å². The van der Waals surface area contributed by atoms with Crippen molar-refractivity contribution < 1.29 is 0 Å². The van der Waals surface area contributed by atoms with E-state index in [0.717, 1.165) is 45.2 Å². The SMILES string of the molecule is CC1(C)c2cc3ccc4ccc(N(c5ccccc5)c5ccc(-c6ccccc6)cc5)cc4c3cc2-c2cc3c(cc21)nc(-c1ccccc1)n3-c1ccccc1. The Morgan fingerprint density at radius 3 is 1.68 bits per heavy atom. The van der Waals surface area contributed by atoms with Gasteiger partial charge in [0.15, 0.2) is 0 Å². The minimum atomic E-state index is -0.191. The van der Waals surface area contributed by atoms with Gasteiger partial charge >= 0.3 is 0 Å². The van der Waals surface area contributed by atoms with Crippen molar-refractivity contribution in [3.63, 3.8) is 0 Å². The van der Waals surface area contributed by atoms with E-state index in [1.165, 1.54) is 54.9 Å². The number of anilines is 3. The largest absolute Gasteiger partial charge is 0.310 e. The maximum Gasteiger partial charge on any atom is 0.145 e. The number of nitrogens with zero attached hydrogens (tertiary/aromatic N) is 3. The molecule has 0 amide bonds. The molecule has 10 aromatic rings. The lowest BCUT2D eigenvalue weighted by atomic mass is 9.81. The van der Waals surface area contributed by atoms with Crippen LogP contribution in [-0.4, -0.2) is 9.55 Å². The van der Waals surface area contributed by atoms with Gasteiger partial charge < -0.3 is 4.90 Å². The Balaban J connectivity index is 1.10. The molecule has 0 bridgehead atoms. The van der Waals surface area contributed by atoms with Crippen LogP contribution in [0.1, 0.15) is 25.0 Å². The van der Waals surface area contributed by atoms with Gasteiger partial charge in [-0.1, -0.05) is 141 Å². The molecule has 57 heavy (non-hydrogen) atoms. The summed E-state index contributed by atoms with van der Waals surface area (Å²) >= 11 is 0. The Hall–Kier alpha value is -7.23. The van der Waals surface area contributed by atoms with Gasteiger partial charge in [-0.15, -0.1) is 0 Å². The van der Waals surface area contributed by atoms with Crippen LogP contribution in [0.15, 0.2) is 200 Å². The minimum absolute atomic E-state index is 0.191. The highest BCUT2D eigenvalue weighted by Gasteiger charge is 2.37. The van der Waals surface area contributed by atoms with E-state index in [4.69, 9.17) is 4.98 Å². The van der Waals surface area contributed by atoms with Crippen molar-refractivity contribution in [3.05, 3.63) is 211 Å². The van der Waals surface area contributed by atoms with Crippen LogP contribution < -0.4 is 4.90 Å². The fourth-order valence-corrected chi connectivity index (χ4v) is 9.05. The monoisotopic (exact) mass is 729 g/mol. The van der Waals surface area contributed by atoms with E-state index < -0.39 is 0 Å². The highest BCUT2D eigenvalue weighted by atomic mass is 15.1. The van der Waals surface area contributed by atoms with Crippen LogP contribution in [0.2, 0.25) is 0 Å². The normalized spacial score (nSPS) is 12.9. The summed E-state index contributed by atoms with van der Waals surface area (Å²) in [5.41, 5.74) is 15.1. The van der Waals surface area contributed by atoms with E-state index in [2.05, 4.69) is 224 Å². The van der Waals surface area contributed by atoms with Crippen molar-refractivity contribution in [2.75, 3.05) is 4.90 Å². The van der Waals surface area contributed by atoms with E-state index in [1.807, 2.05) is 0 Å². The third-order valence-electron chi connectivity index (χ3n) is 11.9. The Morgan fingerprint density at radius 1 is 0.439 bits per heavy atom. The predicted octanol–water partition coefficient (Wildman–Crippen LogP) is 14.4. The topological polar surface area (TPSA) is 21.1 Å². The number of hydrogen-bond acceptors (Lipinski definition) is 2. The lowest BCUT2D eigenvalue weighted by Gasteiger charge is -2.26. The fraction of sp³-hybridized carbons (Fsp3) is 0.0556. The zero-order chi connectivity index (χ0) is 38.1. The number of benzene rings is 9. The van der Waals surface area contributed by atoms with E-state index in [1.54, 1.807) is 0 Å². The van der Waals surface area contributed by atoms with Gasteiger partial charge in [0.1, 0.15) is 5.82 Å². The van der Waals surface area contributed by atoms with Crippen molar-refractivity contribution >= 4 is 49.6 Å². The third kappa shape index (κ3) is 5.38. The molecule has 0 saturated heterocycles. The molecule has 270 valence electrons. The van der Waals surface area contributed by atoms with E-state index in [0.29, 0.717) is 0 Å². The summed E-state index contributed by atoms with van der Waals surface area (Å²) in [5.74, 6) is 0.952. The molecule has 0 aliphatic heterocycles. The van der Waals surface area contributed by atoms with Gasteiger partial charge in [-0.2, -0.15) is 0 Å². The summed E-state index contributed by atoms with van der Waals surface area (Å²) < 4.78 is 2.32. The Kier molecular flexibility index (Phi) is 7.52. The minimum Gasteiger partial charge on any atom is -0.310 e. The first kappa shape index (κ1) is 33.1. The first-order chi connectivity index (χ1) is 28.0. The highest BCUT2D eigenvalue weighted by molar-refractivity contribution is 6.11. The molecule has 0 saturated carbocycles. The average Bonchev–Trinajstić information content (AvgIpc) is 3.75. The quantitative estimate of drug-likeness (QED) is 0.159. The van der Waals surface area contributed by atoms with Crippen molar-refractivity contribution in [2.45, 2.75) is 19.3 Å². The molecule has 0 fully saturated rings. The van der Waals surface area contributed by atoms with Crippen LogP contribution in [-0.2, 0) is 5.41 Å². The number of imidazole rings is 1. The van der Waals surface area contributed by atoms with Gasteiger partial charge in [0.2, 0.25) is 0 Å². The molecule has 0 N–H and O–H groups in total. The third-order valence-corrected chi connectivity index (χ3v) is 11.9. The summed E-state index contributed by atoms with van der Waals surface area (Å²) in [6.45, 7) is 4.73. The van der Waals surface area contributed by atoms with Crippen molar-refractivity contribution in [3.8, 4) is 39.3 Å². The van der Waals surface area contributed by atoms with Crippen LogP contribution in [0, 0.1) is 0 Å². The Morgan fingerprint density at radius 2 is 0.965 bits per heavy atom. The predicted molar refractivity (Wildman–Crippen MR) is 239 cm³/mol. The molecule has 1 heterocycles. The second-order valence-electron chi connectivity index (χ2n) is 15.7. The van der Waals surface area contributed by atoms with Crippen molar-refractivity contribution in [2.24, 2.45) is 0 Å². The zero-order valence-electron chi connectivity index (χ0n) is 31.9. The van der Waals surface area contributed by atoms with Crippen LogP contribution in [0.4, 0.5) is 17.1 Å². The van der Waals surface area contributed by atoms with Crippen molar-refractivity contribution in [1.29, 1.82) is 0 Å². The zero-order valence-corrected chi connectivity index (χ0v) is 31.9. The Labute approximate surface area is 332 Å². The van der Waals surface area contributed by atoms with Gasteiger partial charge in [-0.3, -0.25) is 4.57 Å². The number of fused-ring (bicyclic) bond motifs is 7. The fourth-order valence-electron chi connectivity index (χ4n) is 9.05. The van der Waals surface area contributed by atoms with Crippen LogP contribution in [0.3, 0.4) is 0 Å².